The van der Waals surface area contributed by atoms with Crippen LogP contribution in [0.1, 0.15) is 24.1 Å². The fourth-order valence-corrected chi connectivity index (χ4v) is 3.37. The van der Waals surface area contributed by atoms with Crippen LogP contribution in [0.25, 0.3) is 5.57 Å². The van der Waals surface area contributed by atoms with Gasteiger partial charge in [0.2, 0.25) is 0 Å². The summed E-state index contributed by atoms with van der Waals surface area (Å²) in [6.45, 7) is 0.534. The normalized spacial score (nSPS) is 17.7. The first kappa shape index (κ1) is 22.6. The quantitative estimate of drug-likeness (QED) is 0.562. The number of anilines is 1. The Kier molecular flexibility index (Phi) is 6.25. The summed E-state index contributed by atoms with van der Waals surface area (Å²) in [7, 11) is 1.31. The molecule has 3 rings (SSSR count). The highest BCUT2D eigenvalue weighted by molar-refractivity contribution is 6.10. The number of nitrogens with two attached hydrogens (primary N) is 1. The fourth-order valence-electron chi connectivity index (χ4n) is 3.37. The van der Waals surface area contributed by atoms with Crippen molar-refractivity contribution >= 4 is 17.6 Å². The third kappa shape index (κ3) is 4.82. The van der Waals surface area contributed by atoms with Gasteiger partial charge in [-0.3, -0.25) is 9.98 Å². The Balaban J connectivity index is 1.84. The molecule has 3 N–H and O–H groups in total. The van der Waals surface area contributed by atoms with Crippen molar-refractivity contribution in [3.8, 4) is 0 Å². The molecule has 0 radical (unpaired) electrons. The van der Waals surface area contributed by atoms with Crippen molar-refractivity contribution in [3.05, 3.63) is 59.2 Å². The SMILES string of the molecule is CN=C/C(=C(\N)C(F)(F)F)c1cncc(N2CCC(O)(c3ccc(F)c(F)c3)CC2)n1. The summed E-state index contributed by atoms with van der Waals surface area (Å²) in [5.74, 6) is -1.76. The zero-order valence-electron chi connectivity index (χ0n) is 16.5. The monoisotopic (exact) mass is 441 g/mol. The van der Waals surface area contributed by atoms with E-state index < -0.39 is 34.7 Å². The van der Waals surface area contributed by atoms with E-state index in [1.165, 1.54) is 19.3 Å². The molecule has 1 aliphatic heterocycles. The second kappa shape index (κ2) is 8.58. The molecule has 1 aromatic carbocycles. The number of benzene rings is 1. The van der Waals surface area contributed by atoms with Crippen LogP contribution < -0.4 is 10.6 Å². The molecule has 0 amide bonds. The summed E-state index contributed by atoms with van der Waals surface area (Å²) in [5.41, 5.74) is 2.31. The Morgan fingerprint density at radius 3 is 2.45 bits per heavy atom. The van der Waals surface area contributed by atoms with Gasteiger partial charge in [-0.2, -0.15) is 13.2 Å². The highest BCUT2D eigenvalue weighted by Crippen LogP contribution is 2.35. The van der Waals surface area contributed by atoms with Crippen LogP contribution in [0.15, 0.2) is 41.3 Å². The molecule has 1 aliphatic rings. The number of halogens is 5. The Bertz CT molecular complexity index is 1010. The van der Waals surface area contributed by atoms with Gasteiger partial charge in [-0.25, -0.2) is 13.8 Å². The Hall–Kier alpha value is -3.08. The number of piperidine rings is 1. The van der Waals surface area contributed by atoms with Crippen LogP contribution in [0, 0.1) is 11.6 Å². The van der Waals surface area contributed by atoms with Crippen molar-refractivity contribution in [2.75, 3.05) is 25.0 Å². The second-order valence-electron chi connectivity index (χ2n) is 7.12. The smallest absolute Gasteiger partial charge is 0.394 e. The molecule has 11 heteroatoms. The number of hydrogen-bond donors (Lipinski definition) is 2. The van der Waals surface area contributed by atoms with Gasteiger partial charge in [0.05, 0.1) is 23.7 Å². The number of allylic oxidation sites excluding steroid dienone is 2. The molecule has 0 aliphatic carbocycles. The predicted octanol–water partition coefficient (Wildman–Crippen LogP) is 3.18. The summed E-state index contributed by atoms with van der Waals surface area (Å²) in [4.78, 5) is 13.6. The average Bonchev–Trinajstić information content (AvgIpc) is 2.73. The van der Waals surface area contributed by atoms with Crippen LogP contribution >= 0.6 is 0 Å². The topological polar surface area (TPSA) is 87.6 Å². The van der Waals surface area contributed by atoms with Crippen molar-refractivity contribution in [1.82, 2.24) is 9.97 Å². The number of alkyl halides is 3. The zero-order chi connectivity index (χ0) is 22.8. The van der Waals surface area contributed by atoms with Crippen LogP contribution in [0.4, 0.5) is 27.8 Å². The molecule has 1 saturated heterocycles. The van der Waals surface area contributed by atoms with Gasteiger partial charge in [0, 0.05) is 31.9 Å². The summed E-state index contributed by atoms with van der Waals surface area (Å²) >= 11 is 0. The fraction of sp³-hybridized carbons (Fsp3) is 0.350. The molecule has 0 atom stereocenters. The maximum atomic E-state index is 13.6. The van der Waals surface area contributed by atoms with E-state index in [0.717, 1.165) is 24.5 Å². The van der Waals surface area contributed by atoms with Crippen molar-refractivity contribution in [1.29, 1.82) is 0 Å². The van der Waals surface area contributed by atoms with Crippen LogP contribution in [0.5, 0.6) is 0 Å². The van der Waals surface area contributed by atoms with E-state index in [-0.39, 0.29) is 37.2 Å². The van der Waals surface area contributed by atoms with Crippen LogP contribution in [-0.2, 0) is 5.60 Å². The van der Waals surface area contributed by atoms with E-state index in [2.05, 4.69) is 15.0 Å². The molecule has 0 unspecified atom stereocenters. The molecule has 31 heavy (non-hydrogen) atoms. The minimum atomic E-state index is -4.76. The molecule has 0 bridgehead atoms. The van der Waals surface area contributed by atoms with Crippen LogP contribution in [0.3, 0.4) is 0 Å². The zero-order valence-corrected chi connectivity index (χ0v) is 16.5. The third-order valence-electron chi connectivity index (χ3n) is 5.12. The first-order chi connectivity index (χ1) is 14.5. The van der Waals surface area contributed by atoms with Crippen molar-refractivity contribution < 1.29 is 27.1 Å². The summed E-state index contributed by atoms with van der Waals surface area (Å²) in [6.07, 6.45) is -0.910. The second-order valence-corrected chi connectivity index (χ2v) is 7.12. The van der Waals surface area contributed by atoms with E-state index in [0.29, 0.717) is 5.82 Å². The van der Waals surface area contributed by atoms with Crippen molar-refractivity contribution in [3.63, 3.8) is 0 Å². The van der Waals surface area contributed by atoms with Gasteiger partial charge in [0.1, 0.15) is 11.5 Å². The van der Waals surface area contributed by atoms with E-state index >= 15 is 0 Å². The number of aliphatic hydroxyl groups is 1. The van der Waals surface area contributed by atoms with Gasteiger partial charge in [-0.05, 0) is 30.5 Å². The van der Waals surface area contributed by atoms with Gasteiger partial charge in [0.15, 0.2) is 11.6 Å². The molecule has 166 valence electrons. The molecule has 6 nitrogen and oxygen atoms in total. The van der Waals surface area contributed by atoms with Crippen molar-refractivity contribution in [2.45, 2.75) is 24.6 Å². The highest BCUT2D eigenvalue weighted by atomic mass is 19.4. The van der Waals surface area contributed by atoms with E-state index in [1.807, 2.05) is 0 Å². The average molecular weight is 441 g/mol. The van der Waals surface area contributed by atoms with E-state index in [9.17, 15) is 27.1 Å². The maximum Gasteiger partial charge on any atom is 0.431 e. The predicted molar refractivity (Wildman–Crippen MR) is 105 cm³/mol. The standard InChI is InChI=1S/C20H20F5N5O/c1-27-9-13(18(26)20(23,24)25)16-10-28-11-17(29-16)30-6-4-19(31,5-7-30)12-2-3-14(21)15(22)8-12/h2-3,8-11,31H,4-7,26H2,1H3/b18-13+,27-9?. The maximum absolute atomic E-state index is 13.6. The van der Waals surface area contributed by atoms with Gasteiger partial charge < -0.3 is 15.7 Å². The van der Waals surface area contributed by atoms with E-state index in [1.54, 1.807) is 4.90 Å². The molecule has 1 aromatic heterocycles. The van der Waals surface area contributed by atoms with Gasteiger partial charge in [-0.15, -0.1) is 0 Å². The summed E-state index contributed by atoms with van der Waals surface area (Å²) in [5, 5.41) is 10.9. The number of aliphatic imine (C=N–C) groups is 1. The third-order valence-corrected chi connectivity index (χ3v) is 5.12. The Morgan fingerprint density at radius 2 is 1.87 bits per heavy atom. The summed E-state index contributed by atoms with van der Waals surface area (Å²) in [6, 6.07) is 3.25. The first-order valence-corrected chi connectivity index (χ1v) is 9.29. The first-order valence-electron chi connectivity index (χ1n) is 9.29. The lowest BCUT2D eigenvalue weighted by atomic mass is 9.84. The molecular weight excluding hydrogens is 421 g/mol. The molecule has 0 spiro atoms. The van der Waals surface area contributed by atoms with E-state index in [4.69, 9.17) is 5.73 Å². The van der Waals surface area contributed by atoms with Gasteiger partial charge >= 0.3 is 6.18 Å². The molecule has 2 aromatic rings. The molecule has 2 heterocycles. The molecular formula is C20H20F5N5O. The van der Waals surface area contributed by atoms with Gasteiger partial charge in [0.25, 0.3) is 0 Å². The lowest BCUT2D eigenvalue weighted by Gasteiger charge is -2.39. The largest absolute Gasteiger partial charge is 0.431 e. The molecule has 0 saturated carbocycles. The minimum absolute atomic E-state index is 0.0978. The van der Waals surface area contributed by atoms with Crippen LogP contribution in [0.2, 0.25) is 0 Å². The highest BCUT2D eigenvalue weighted by Gasteiger charge is 2.36. The van der Waals surface area contributed by atoms with Crippen molar-refractivity contribution in [2.24, 2.45) is 10.7 Å². The minimum Gasteiger partial charge on any atom is -0.394 e. The number of rotatable bonds is 4. The lowest BCUT2D eigenvalue weighted by molar-refractivity contribution is -0.0919. The number of hydrogen-bond acceptors (Lipinski definition) is 6. The van der Waals surface area contributed by atoms with Gasteiger partial charge in [-0.1, -0.05) is 6.07 Å². The Labute approximate surface area is 174 Å². The number of aromatic nitrogens is 2. The summed E-state index contributed by atoms with van der Waals surface area (Å²) < 4.78 is 66.0. The molecule has 1 fully saturated rings. The Morgan fingerprint density at radius 1 is 1.19 bits per heavy atom. The van der Waals surface area contributed by atoms with Crippen LogP contribution in [-0.4, -0.2) is 47.6 Å². The lowest BCUT2D eigenvalue weighted by Crippen LogP contribution is -2.43. The number of nitrogens with zero attached hydrogens (tertiary/aromatic N) is 4.